The molecule has 168 valence electrons. The molecule has 0 spiro atoms. The summed E-state index contributed by atoms with van der Waals surface area (Å²) >= 11 is 6.61. The second-order valence-corrected chi connectivity index (χ2v) is 8.64. The number of hydrogen-bond donors (Lipinski definition) is 0. The van der Waals surface area contributed by atoms with Crippen molar-refractivity contribution in [1.82, 2.24) is 14.7 Å². The van der Waals surface area contributed by atoms with Gasteiger partial charge in [0.15, 0.2) is 12.0 Å². The lowest BCUT2D eigenvalue weighted by Crippen LogP contribution is -2.49. The monoisotopic (exact) mass is 454 g/mol. The molecular weight excluding hydrogens is 428 g/mol. The van der Waals surface area contributed by atoms with Crippen LogP contribution in [0.1, 0.15) is 31.1 Å². The van der Waals surface area contributed by atoms with Gasteiger partial charge in [0.05, 0.1) is 15.9 Å². The van der Waals surface area contributed by atoms with Gasteiger partial charge in [0, 0.05) is 32.8 Å². The highest BCUT2D eigenvalue weighted by Gasteiger charge is 2.28. The molecule has 3 heterocycles. The van der Waals surface area contributed by atoms with Crippen LogP contribution in [0.25, 0.3) is 10.9 Å². The Bertz CT molecular complexity index is 1070. The van der Waals surface area contributed by atoms with Gasteiger partial charge in [-0.05, 0) is 37.0 Å². The Morgan fingerprint density at radius 1 is 1.06 bits per heavy atom. The minimum absolute atomic E-state index is 0.0623. The molecule has 32 heavy (non-hydrogen) atoms. The lowest BCUT2D eigenvalue weighted by molar-refractivity contribution is -0.0365. The molecule has 2 aliphatic rings. The molecule has 7 nitrogen and oxygen atoms in total. The molecule has 1 amide bonds. The van der Waals surface area contributed by atoms with Crippen LogP contribution in [0.4, 0.5) is 10.6 Å². The van der Waals surface area contributed by atoms with Crippen LogP contribution in [-0.2, 0) is 16.1 Å². The lowest BCUT2D eigenvalue weighted by Gasteiger charge is -2.34. The summed E-state index contributed by atoms with van der Waals surface area (Å²) in [5.41, 5.74) is 1.97. The van der Waals surface area contributed by atoms with Gasteiger partial charge < -0.3 is 19.3 Å². The number of nitrogens with zero attached hydrogens (tertiary/aromatic N) is 4. The van der Waals surface area contributed by atoms with Crippen LogP contribution in [-0.4, -0.2) is 53.6 Å². The van der Waals surface area contributed by atoms with Gasteiger partial charge in [-0.25, -0.2) is 9.48 Å². The molecule has 8 heteroatoms. The van der Waals surface area contributed by atoms with E-state index in [1.165, 1.54) is 0 Å². The maximum absolute atomic E-state index is 12.5. The number of carbonyl (C=O) groups excluding carboxylic acids is 1. The van der Waals surface area contributed by atoms with Crippen molar-refractivity contribution in [2.24, 2.45) is 0 Å². The van der Waals surface area contributed by atoms with E-state index in [1.54, 1.807) is 4.90 Å². The summed E-state index contributed by atoms with van der Waals surface area (Å²) in [4.78, 5) is 16.5. The minimum Gasteiger partial charge on any atom is -0.445 e. The molecule has 3 aromatic rings. The van der Waals surface area contributed by atoms with E-state index in [9.17, 15) is 4.79 Å². The number of piperazine rings is 1. The van der Waals surface area contributed by atoms with Crippen molar-refractivity contribution in [3.8, 4) is 0 Å². The Labute approximate surface area is 192 Å². The van der Waals surface area contributed by atoms with Gasteiger partial charge in [0.1, 0.15) is 6.61 Å². The summed E-state index contributed by atoms with van der Waals surface area (Å²) in [6.45, 7) is 3.53. The zero-order valence-electron chi connectivity index (χ0n) is 18.0. The van der Waals surface area contributed by atoms with Crippen LogP contribution in [0.5, 0.6) is 0 Å². The summed E-state index contributed by atoms with van der Waals surface area (Å²) in [6, 6.07) is 15.6. The van der Waals surface area contributed by atoms with E-state index in [4.69, 9.17) is 26.2 Å². The highest BCUT2D eigenvalue weighted by molar-refractivity contribution is 6.36. The molecule has 2 aliphatic heterocycles. The number of ether oxygens (including phenoxy) is 2. The van der Waals surface area contributed by atoms with Crippen molar-refractivity contribution in [1.29, 1.82) is 0 Å². The van der Waals surface area contributed by atoms with Crippen molar-refractivity contribution in [2.75, 3.05) is 37.7 Å². The molecule has 0 N–H and O–H groups in total. The maximum Gasteiger partial charge on any atom is 0.410 e. The number of benzene rings is 2. The topological polar surface area (TPSA) is 59.8 Å². The Kier molecular flexibility index (Phi) is 6.19. The van der Waals surface area contributed by atoms with Crippen molar-refractivity contribution < 1.29 is 14.3 Å². The Morgan fingerprint density at radius 2 is 1.88 bits per heavy atom. The van der Waals surface area contributed by atoms with Crippen LogP contribution >= 0.6 is 11.6 Å². The van der Waals surface area contributed by atoms with Gasteiger partial charge in [-0.3, -0.25) is 0 Å². The SMILES string of the molecule is O=C(OCc1ccccc1)N1CCN(c2nn([C@H]3CCCCO3)c3cccc(Cl)c23)CC1. The predicted octanol–water partition coefficient (Wildman–Crippen LogP) is 4.85. The standard InChI is InChI=1S/C24H27ClN4O3/c25-19-9-6-10-20-22(19)23(26-29(20)21-11-4-5-16-31-21)27-12-14-28(15-13-27)24(30)32-17-18-7-2-1-3-8-18/h1-3,6-10,21H,4-5,11-17H2/t21-/m1/s1. The second kappa shape index (κ2) is 9.38. The van der Waals surface area contributed by atoms with Crippen LogP contribution < -0.4 is 4.90 Å². The van der Waals surface area contributed by atoms with Gasteiger partial charge in [-0.1, -0.05) is 48.0 Å². The number of rotatable bonds is 4. The minimum atomic E-state index is -0.280. The highest BCUT2D eigenvalue weighted by Crippen LogP contribution is 2.36. The summed E-state index contributed by atoms with van der Waals surface area (Å²) in [6.07, 6.45) is 2.83. The van der Waals surface area contributed by atoms with E-state index in [1.807, 2.05) is 53.2 Å². The molecule has 0 bridgehead atoms. The van der Waals surface area contributed by atoms with Gasteiger partial charge in [-0.2, -0.15) is 5.10 Å². The average molecular weight is 455 g/mol. The van der Waals surface area contributed by atoms with E-state index in [-0.39, 0.29) is 18.9 Å². The summed E-state index contributed by atoms with van der Waals surface area (Å²) < 4.78 is 13.5. The molecule has 0 aliphatic carbocycles. The lowest BCUT2D eigenvalue weighted by atomic mass is 10.2. The van der Waals surface area contributed by atoms with Gasteiger partial charge >= 0.3 is 6.09 Å². The Morgan fingerprint density at radius 3 is 2.62 bits per heavy atom. The highest BCUT2D eigenvalue weighted by atomic mass is 35.5. The average Bonchev–Trinajstić information content (AvgIpc) is 3.25. The van der Waals surface area contributed by atoms with Crippen molar-refractivity contribution in [2.45, 2.75) is 32.1 Å². The van der Waals surface area contributed by atoms with E-state index in [2.05, 4.69) is 4.90 Å². The molecule has 2 saturated heterocycles. The third kappa shape index (κ3) is 4.27. The third-order valence-electron chi connectivity index (χ3n) is 6.14. The molecule has 0 saturated carbocycles. The molecule has 1 atom stereocenters. The molecule has 2 aromatic carbocycles. The molecule has 1 aromatic heterocycles. The van der Waals surface area contributed by atoms with Crippen LogP contribution in [0.15, 0.2) is 48.5 Å². The first kappa shape index (κ1) is 21.1. The van der Waals surface area contributed by atoms with Crippen molar-refractivity contribution >= 4 is 34.4 Å². The quantitative estimate of drug-likeness (QED) is 0.564. The molecular formula is C24H27ClN4O3. The van der Waals surface area contributed by atoms with Crippen LogP contribution in [0.3, 0.4) is 0 Å². The first-order chi connectivity index (χ1) is 15.7. The molecule has 0 radical (unpaired) electrons. The van der Waals surface area contributed by atoms with Crippen molar-refractivity contribution in [3.05, 3.63) is 59.1 Å². The third-order valence-corrected chi connectivity index (χ3v) is 6.45. The number of amides is 1. The smallest absolute Gasteiger partial charge is 0.410 e. The van der Waals surface area contributed by atoms with E-state index in [0.717, 1.165) is 48.2 Å². The van der Waals surface area contributed by atoms with E-state index >= 15 is 0 Å². The normalized spacial score (nSPS) is 19.3. The van der Waals surface area contributed by atoms with Crippen LogP contribution in [0, 0.1) is 0 Å². The predicted molar refractivity (Wildman–Crippen MR) is 124 cm³/mol. The number of hydrogen-bond acceptors (Lipinski definition) is 5. The summed E-state index contributed by atoms with van der Waals surface area (Å²) in [5, 5.41) is 6.57. The zero-order valence-corrected chi connectivity index (χ0v) is 18.7. The largest absolute Gasteiger partial charge is 0.445 e. The zero-order chi connectivity index (χ0) is 21.9. The maximum atomic E-state index is 12.5. The van der Waals surface area contributed by atoms with Crippen LogP contribution in [0.2, 0.25) is 5.02 Å². The Hall–Kier alpha value is -2.77. The number of fused-ring (bicyclic) bond motifs is 1. The summed E-state index contributed by atoms with van der Waals surface area (Å²) in [5.74, 6) is 0.858. The second-order valence-electron chi connectivity index (χ2n) is 8.24. The van der Waals surface area contributed by atoms with E-state index < -0.39 is 0 Å². The number of halogens is 1. The Balaban J connectivity index is 1.29. The number of anilines is 1. The van der Waals surface area contributed by atoms with E-state index in [0.29, 0.717) is 31.2 Å². The fraction of sp³-hybridized carbons (Fsp3) is 0.417. The number of aromatic nitrogens is 2. The fourth-order valence-electron chi connectivity index (χ4n) is 4.40. The van der Waals surface area contributed by atoms with Gasteiger partial charge in [0.2, 0.25) is 0 Å². The fourth-order valence-corrected chi connectivity index (χ4v) is 4.65. The van der Waals surface area contributed by atoms with Gasteiger partial charge in [-0.15, -0.1) is 0 Å². The van der Waals surface area contributed by atoms with Crippen molar-refractivity contribution in [3.63, 3.8) is 0 Å². The number of carbonyl (C=O) groups is 1. The van der Waals surface area contributed by atoms with Gasteiger partial charge in [0.25, 0.3) is 0 Å². The summed E-state index contributed by atoms with van der Waals surface area (Å²) in [7, 11) is 0. The molecule has 5 rings (SSSR count). The first-order valence-corrected chi connectivity index (χ1v) is 11.6. The molecule has 0 unspecified atom stereocenters. The first-order valence-electron chi connectivity index (χ1n) is 11.2. The molecule has 2 fully saturated rings.